The minimum Gasteiger partial charge on any atom is -1.00 e. The second-order valence-electron chi connectivity index (χ2n) is 2.44. The Kier molecular flexibility index (Phi) is 15.2. The van der Waals surface area contributed by atoms with E-state index in [1.807, 2.05) is 0 Å². The normalized spacial score (nSPS) is 9.83. The average molecular weight is 415 g/mol. The number of hydrogen-bond donors (Lipinski definition) is 0. The minimum absolute atomic E-state index is 0. The first-order chi connectivity index (χ1) is 5.28. The van der Waals surface area contributed by atoms with Crippen LogP contribution in [0.3, 0.4) is 0 Å². The van der Waals surface area contributed by atoms with Crippen molar-refractivity contribution in [2.75, 3.05) is 26.2 Å². The standard InChI is InChI=1S/2C4H10N.HI.Nd/c2*1-3-5-4-2;;/h2*3-4H2,1-2H3;1H;/q2*-1;;+3/p-1. The fraction of sp³-hybridized carbons (Fsp3) is 1.00. The molecule has 0 aromatic rings. The van der Waals surface area contributed by atoms with Gasteiger partial charge in [0.05, 0.1) is 0 Å². The van der Waals surface area contributed by atoms with Crippen LogP contribution in [-0.4, -0.2) is 28.1 Å². The van der Waals surface area contributed by atoms with Crippen molar-refractivity contribution in [2.24, 2.45) is 0 Å². The molecule has 0 saturated carbocycles. The molecule has 0 radical (unpaired) electrons. The molecule has 0 aliphatic rings. The van der Waals surface area contributed by atoms with E-state index in [1.165, 1.54) is 26.2 Å². The molecule has 0 heterocycles. The fourth-order valence-corrected chi connectivity index (χ4v) is 4.03. The van der Waals surface area contributed by atoms with Gasteiger partial charge in [0.15, 0.2) is 0 Å². The van der Waals surface area contributed by atoms with E-state index in [1.54, 1.807) is 0 Å². The Labute approximate surface area is 116 Å². The molecule has 0 aliphatic heterocycles. The molecule has 2 nitrogen and oxygen atoms in total. The Hall–Kier alpha value is 2.00. The van der Waals surface area contributed by atoms with Gasteiger partial charge in [0, 0.05) is 0 Å². The Morgan fingerprint density at radius 3 is 1.17 bits per heavy atom. The Balaban J connectivity index is 0. The van der Waals surface area contributed by atoms with Crippen LogP contribution in [0.4, 0.5) is 0 Å². The van der Waals surface area contributed by atoms with Crippen molar-refractivity contribution >= 4 is 0 Å². The van der Waals surface area contributed by atoms with E-state index in [-0.39, 0.29) is 24.0 Å². The van der Waals surface area contributed by atoms with E-state index in [4.69, 9.17) is 0 Å². The van der Waals surface area contributed by atoms with Crippen LogP contribution < -0.4 is 24.0 Å². The van der Waals surface area contributed by atoms with Gasteiger partial charge in [0.25, 0.3) is 0 Å². The van der Waals surface area contributed by atoms with Gasteiger partial charge in [-0.05, 0) is 0 Å². The molecule has 0 atom stereocenters. The third-order valence-corrected chi connectivity index (χ3v) is 7.68. The summed E-state index contributed by atoms with van der Waals surface area (Å²) >= 11 is -0.582. The molecule has 0 unspecified atom stereocenters. The topological polar surface area (TPSA) is 6.48 Å². The Morgan fingerprint density at radius 2 is 1.00 bits per heavy atom. The fourth-order valence-electron chi connectivity index (χ4n) is 0.930. The zero-order chi connectivity index (χ0) is 8.69. The summed E-state index contributed by atoms with van der Waals surface area (Å²) in [7, 11) is 0. The molecule has 0 bridgehead atoms. The van der Waals surface area contributed by atoms with Crippen LogP contribution in [-0.2, 0) is 0 Å². The predicted octanol–water partition coefficient (Wildman–Crippen LogP) is -1.41. The smallest absolute Gasteiger partial charge is 1.00 e. The Bertz CT molecular complexity index is 75.1. The Morgan fingerprint density at radius 1 is 0.750 bits per heavy atom. The molecule has 0 aliphatic carbocycles. The summed E-state index contributed by atoms with van der Waals surface area (Å²) in [5, 5.41) is 0. The van der Waals surface area contributed by atoms with Crippen LogP contribution >= 0.6 is 0 Å². The second-order valence-corrected chi connectivity index (χ2v) is 7.14. The molecule has 0 aromatic carbocycles. The van der Waals surface area contributed by atoms with Crippen LogP contribution in [0.5, 0.6) is 0 Å². The van der Waals surface area contributed by atoms with E-state index in [9.17, 15) is 0 Å². The van der Waals surface area contributed by atoms with E-state index in [0.717, 1.165) is 0 Å². The van der Waals surface area contributed by atoms with Crippen molar-refractivity contribution in [3.8, 4) is 0 Å². The zero-order valence-electron chi connectivity index (χ0n) is 8.60. The molecule has 73 valence electrons. The largest absolute Gasteiger partial charge is 1.00 e. The SMILES string of the molecule is CC[N](CC)[Nd+][N](CC)CC.[I-]. The maximum absolute atomic E-state index is 2.63. The maximum atomic E-state index is 2.63. The second kappa shape index (κ2) is 11.1. The summed E-state index contributed by atoms with van der Waals surface area (Å²) in [6.07, 6.45) is 0. The molecule has 0 fully saturated rings. The number of rotatable bonds is 6. The quantitative estimate of drug-likeness (QED) is 0.492. The summed E-state index contributed by atoms with van der Waals surface area (Å²) in [5.74, 6) is 0. The van der Waals surface area contributed by atoms with Gasteiger partial charge >= 0.3 is 93.3 Å². The van der Waals surface area contributed by atoms with Gasteiger partial charge in [-0.25, -0.2) is 0 Å². The summed E-state index contributed by atoms with van der Waals surface area (Å²) < 4.78 is 5.26. The molecule has 12 heavy (non-hydrogen) atoms. The maximum Gasteiger partial charge on any atom is -1.00 e. The van der Waals surface area contributed by atoms with Gasteiger partial charge in [0.2, 0.25) is 0 Å². The predicted molar refractivity (Wildman–Crippen MR) is 45.8 cm³/mol. The van der Waals surface area contributed by atoms with E-state index in [2.05, 4.69) is 29.7 Å². The molecule has 0 amide bonds. The molecule has 0 saturated heterocycles. The van der Waals surface area contributed by atoms with Gasteiger partial charge in [-0.2, -0.15) is 0 Å². The van der Waals surface area contributed by atoms with Crippen LogP contribution in [0, 0.1) is 37.5 Å². The third-order valence-electron chi connectivity index (χ3n) is 1.81. The van der Waals surface area contributed by atoms with Crippen LogP contribution in [0.25, 0.3) is 0 Å². The van der Waals surface area contributed by atoms with Crippen molar-refractivity contribution < 1.29 is 61.5 Å². The van der Waals surface area contributed by atoms with Crippen molar-refractivity contribution in [2.45, 2.75) is 27.7 Å². The number of halogens is 1. The van der Waals surface area contributed by atoms with Crippen molar-refractivity contribution in [1.29, 1.82) is 0 Å². The monoisotopic (exact) mass is 413 g/mol. The van der Waals surface area contributed by atoms with Crippen LogP contribution in [0.15, 0.2) is 0 Å². The number of nitrogens with zero attached hydrogens (tertiary/aromatic N) is 2. The zero-order valence-corrected chi connectivity index (χ0v) is 14.0. The van der Waals surface area contributed by atoms with E-state index >= 15 is 0 Å². The molecule has 0 rings (SSSR count). The van der Waals surface area contributed by atoms with E-state index in [0.29, 0.717) is 0 Å². The van der Waals surface area contributed by atoms with Gasteiger partial charge in [-0.1, -0.05) is 0 Å². The minimum atomic E-state index is -0.582. The number of hydrogen-bond acceptors (Lipinski definition) is 2. The van der Waals surface area contributed by atoms with Crippen molar-refractivity contribution in [1.82, 2.24) is 1.97 Å². The molecule has 0 N–H and O–H groups in total. The van der Waals surface area contributed by atoms with Gasteiger partial charge in [-0.15, -0.1) is 0 Å². The molecule has 0 aromatic heterocycles. The molecular formula is C8H20IN2Nd. The van der Waals surface area contributed by atoms with Crippen molar-refractivity contribution in [3.05, 3.63) is 0 Å². The first-order valence-electron chi connectivity index (χ1n) is 4.54. The summed E-state index contributed by atoms with van der Waals surface area (Å²) in [6, 6.07) is 0. The molecule has 0 spiro atoms. The van der Waals surface area contributed by atoms with Gasteiger partial charge < -0.3 is 24.0 Å². The van der Waals surface area contributed by atoms with Gasteiger partial charge in [0.1, 0.15) is 0 Å². The first-order valence-corrected chi connectivity index (χ1v) is 7.41. The summed E-state index contributed by atoms with van der Waals surface area (Å²) in [6.45, 7) is 14.0. The molecule has 4 heteroatoms. The summed E-state index contributed by atoms with van der Waals surface area (Å²) in [4.78, 5) is 0. The van der Waals surface area contributed by atoms with E-state index < -0.39 is 37.5 Å². The van der Waals surface area contributed by atoms with Gasteiger partial charge in [-0.3, -0.25) is 0 Å². The average Bonchev–Trinajstić information content (AvgIpc) is 2.07. The van der Waals surface area contributed by atoms with Crippen molar-refractivity contribution in [3.63, 3.8) is 0 Å². The van der Waals surface area contributed by atoms with Crippen LogP contribution in [0.2, 0.25) is 0 Å². The third kappa shape index (κ3) is 7.41. The summed E-state index contributed by atoms with van der Waals surface area (Å²) in [5.41, 5.74) is 0. The first kappa shape index (κ1) is 16.4. The van der Waals surface area contributed by atoms with Crippen LogP contribution in [0.1, 0.15) is 27.7 Å². The molecular weight excluding hydrogens is 395 g/mol.